The van der Waals surface area contributed by atoms with E-state index in [1.54, 1.807) is 13.0 Å². The van der Waals surface area contributed by atoms with Crippen molar-refractivity contribution < 1.29 is 23.1 Å². The number of sulfonamides is 1. The van der Waals surface area contributed by atoms with E-state index in [0.717, 1.165) is 36.2 Å². The molecule has 3 aromatic rings. The first-order chi connectivity index (χ1) is 18.6. The van der Waals surface area contributed by atoms with Crippen molar-refractivity contribution in [2.24, 2.45) is 0 Å². The highest BCUT2D eigenvalue weighted by Crippen LogP contribution is 2.30. The molecule has 5 rings (SSSR count). The second kappa shape index (κ2) is 11.0. The maximum atomic E-state index is 13.2. The zero-order chi connectivity index (χ0) is 27.7. The predicted molar refractivity (Wildman–Crippen MR) is 147 cm³/mol. The van der Waals surface area contributed by atoms with Crippen LogP contribution in [-0.2, 0) is 10.0 Å². The van der Waals surface area contributed by atoms with Gasteiger partial charge in [0.15, 0.2) is 9.34 Å². The number of likely N-dealkylation sites (tertiary alicyclic amines) is 1. The summed E-state index contributed by atoms with van der Waals surface area (Å²) in [7, 11) is -3.78. The number of carbonyl (C=O) groups is 2. The standard InChI is InChI=1S/C24H30N8O5S2/c1-15(27-20-17-5-3-6-18(19(17)25-14-26-20)21(33)31-7-4-8-31)13-30-9-11-32(12-10-30)39(36,37)22-16(2)28-23(38-22)29-24(34)35/h3,5-6,14-15H,4,7-13H2,1-2H3,(H,28,29)(H,34,35)(H,25,26,27)/t15-/m0/s1. The van der Waals surface area contributed by atoms with E-state index < -0.39 is 16.1 Å². The minimum absolute atomic E-state index is 0.00520. The molecule has 1 aromatic carbocycles. The Morgan fingerprint density at radius 3 is 2.54 bits per heavy atom. The molecule has 2 fully saturated rings. The lowest BCUT2D eigenvalue weighted by atomic mass is 10.1. The maximum Gasteiger partial charge on any atom is 0.410 e. The third kappa shape index (κ3) is 5.66. The molecular weight excluding hydrogens is 544 g/mol. The lowest BCUT2D eigenvalue weighted by molar-refractivity contribution is 0.0653. The van der Waals surface area contributed by atoms with Crippen LogP contribution in [0.25, 0.3) is 10.9 Å². The van der Waals surface area contributed by atoms with Crippen LogP contribution in [-0.4, -0.2) is 106 Å². The molecule has 208 valence electrons. The number of nitrogens with zero attached hydrogens (tertiary/aromatic N) is 6. The van der Waals surface area contributed by atoms with Gasteiger partial charge in [-0.3, -0.25) is 15.0 Å². The van der Waals surface area contributed by atoms with Gasteiger partial charge in [0.1, 0.15) is 12.1 Å². The summed E-state index contributed by atoms with van der Waals surface area (Å²) in [5, 5.41) is 15.3. The number of carboxylic acid groups (broad SMARTS) is 1. The summed E-state index contributed by atoms with van der Waals surface area (Å²) < 4.78 is 27.9. The van der Waals surface area contributed by atoms with Crippen molar-refractivity contribution in [2.75, 3.05) is 56.4 Å². The van der Waals surface area contributed by atoms with E-state index in [1.807, 2.05) is 24.0 Å². The number of thiazole rings is 1. The van der Waals surface area contributed by atoms with Gasteiger partial charge in [0.2, 0.25) is 0 Å². The van der Waals surface area contributed by atoms with Crippen LogP contribution >= 0.6 is 11.3 Å². The van der Waals surface area contributed by atoms with Gasteiger partial charge in [-0.2, -0.15) is 4.31 Å². The second-order valence-electron chi connectivity index (χ2n) is 9.64. The molecule has 2 saturated heterocycles. The summed E-state index contributed by atoms with van der Waals surface area (Å²) in [5.41, 5.74) is 1.47. The van der Waals surface area contributed by atoms with E-state index in [-0.39, 0.29) is 27.0 Å². The van der Waals surface area contributed by atoms with Crippen LogP contribution in [0.15, 0.2) is 28.7 Å². The first-order valence-corrected chi connectivity index (χ1v) is 14.9. The zero-order valence-electron chi connectivity index (χ0n) is 21.6. The number of hydrogen-bond acceptors (Lipinski definition) is 10. The van der Waals surface area contributed by atoms with Crippen LogP contribution < -0.4 is 10.6 Å². The first kappa shape index (κ1) is 27.2. The van der Waals surface area contributed by atoms with Crippen molar-refractivity contribution in [1.29, 1.82) is 0 Å². The molecule has 3 N–H and O–H groups in total. The van der Waals surface area contributed by atoms with Gasteiger partial charge in [-0.25, -0.2) is 28.2 Å². The van der Waals surface area contributed by atoms with Gasteiger partial charge < -0.3 is 15.3 Å². The van der Waals surface area contributed by atoms with Gasteiger partial charge in [0.25, 0.3) is 15.9 Å². The number of hydrogen-bond donors (Lipinski definition) is 3. The number of amides is 2. The molecule has 2 aromatic heterocycles. The summed E-state index contributed by atoms with van der Waals surface area (Å²) in [6.45, 7) is 7.50. The summed E-state index contributed by atoms with van der Waals surface area (Å²) in [6, 6.07) is 5.54. The Hall–Kier alpha value is -3.40. The molecule has 2 amide bonds. The van der Waals surface area contributed by atoms with Crippen molar-refractivity contribution >= 4 is 55.2 Å². The average molecular weight is 575 g/mol. The molecule has 2 aliphatic heterocycles. The summed E-state index contributed by atoms with van der Waals surface area (Å²) in [5.74, 6) is 0.638. The van der Waals surface area contributed by atoms with E-state index in [4.69, 9.17) is 5.11 Å². The lowest BCUT2D eigenvalue weighted by Gasteiger charge is -2.35. The van der Waals surface area contributed by atoms with Crippen LogP contribution in [0, 0.1) is 6.92 Å². The smallest absolute Gasteiger partial charge is 0.410 e. The summed E-state index contributed by atoms with van der Waals surface area (Å²) >= 11 is 0.819. The van der Waals surface area contributed by atoms with E-state index in [1.165, 1.54) is 10.6 Å². The Balaban J connectivity index is 1.21. The largest absolute Gasteiger partial charge is 0.465 e. The molecule has 4 heterocycles. The van der Waals surface area contributed by atoms with Gasteiger partial charge in [-0.1, -0.05) is 17.4 Å². The molecule has 0 radical (unpaired) electrons. The number of nitrogens with one attached hydrogen (secondary N) is 2. The van der Waals surface area contributed by atoms with E-state index in [9.17, 15) is 18.0 Å². The highest BCUT2D eigenvalue weighted by atomic mass is 32.2. The fourth-order valence-electron chi connectivity index (χ4n) is 4.77. The topological polar surface area (TPSA) is 161 Å². The Morgan fingerprint density at radius 2 is 1.87 bits per heavy atom. The van der Waals surface area contributed by atoms with E-state index in [2.05, 4.69) is 30.5 Å². The molecule has 0 unspecified atom stereocenters. The van der Waals surface area contributed by atoms with Crippen molar-refractivity contribution in [1.82, 2.24) is 29.1 Å². The van der Waals surface area contributed by atoms with Crippen LogP contribution in [0.5, 0.6) is 0 Å². The number of piperazine rings is 1. The van der Waals surface area contributed by atoms with Crippen LogP contribution in [0.3, 0.4) is 0 Å². The van der Waals surface area contributed by atoms with E-state index in [0.29, 0.717) is 49.6 Å². The monoisotopic (exact) mass is 574 g/mol. The number of anilines is 2. The fraction of sp³-hybridized carbons (Fsp3) is 0.458. The number of carbonyl (C=O) groups excluding carboxylic acids is 1. The van der Waals surface area contributed by atoms with Gasteiger partial charge >= 0.3 is 6.09 Å². The van der Waals surface area contributed by atoms with Crippen molar-refractivity contribution in [3.8, 4) is 0 Å². The predicted octanol–water partition coefficient (Wildman–Crippen LogP) is 2.14. The summed E-state index contributed by atoms with van der Waals surface area (Å²) in [6.07, 6.45) is 1.19. The van der Waals surface area contributed by atoms with E-state index >= 15 is 0 Å². The first-order valence-electron chi connectivity index (χ1n) is 12.6. The molecular formula is C24H30N8O5S2. The van der Waals surface area contributed by atoms with Crippen LogP contribution in [0.1, 0.15) is 29.4 Å². The quantitative estimate of drug-likeness (QED) is 0.363. The van der Waals surface area contributed by atoms with Crippen molar-refractivity contribution in [3.05, 3.63) is 35.8 Å². The van der Waals surface area contributed by atoms with Crippen LogP contribution in [0.2, 0.25) is 0 Å². The minimum atomic E-state index is -3.78. The number of benzene rings is 1. The zero-order valence-corrected chi connectivity index (χ0v) is 23.3. The highest BCUT2D eigenvalue weighted by molar-refractivity contribution is 7.91. The van der Waals surface area contributed by atoms with Gasteiger partial charge in [-0.05, 0) is 32.4 Å². The Labute approximate surface area is 229 Å². The molecule has 39 heavy (non-hydrogen) atoms. The maximum absolute atomic E-state index is 13.2. The molecule has 0 aliphatic carbocycles. The molecule has 13 nitrogen and oxygen atoms in total. The Morgan fingerprint density at radius 1 is 1.13 bits per heavy atom. The van der Waals surface area contributed by atoms with Crippen molar-refractivity contribution in [2.45, 2.75) is 30.5 Å². The molecule has 1 atom stereocenters. The fourth-order valence-corrected chi connectivity index (χ4v) is 7.73. The third-order valence-corrected chi connectivity index (χ3v) is 10.4. The normalized spacial score (nSPS) is 17.5. The number of fused-ring (bicyclic) bond motifs is 1. The number of aromatic nitrogens is 3. The SMILES string of the molecule is Cc1nc(NC(=O)O)sc1S(=O)(=O)N1CCN(C[C@H](C)Nc2ncnc3c(C(=O)N4CCC4)cccc23)CC1. The Kier molecular flexibility index (Phi) is 7.66. The Bertz CT molecular complexity index is 1500. The van der Waals surface area contributed by atoms with Gasteiger partial charge in [0.05, 0.1) is 16.8 Å². The number of rotatable bonds is 8. The minimum Gasteiger partial charge on any atom is -0.465 e. The second-order valence-corrected chi connectivity index (χ2v) is 12.8. The highest BCUT2D eigenvalue weighted by Gasteiger charge is 2.32. The van der Waals surface area contributed by atoms with Crippen molar-refractivity contribution in [3.63, 3.8) is 0 Å². The molecule has 15 heteroatoms. The van der Waals surface area contributed by atoms with Gasteiger partial charge in [0, 0.05) is 57.2 Å². The molecule has 2 aliphatic rings. The average Bonchev–Trinajstić information content (AvgIpc) is 3.23. The number of para-hydroxylation sites is 1. The summed E-state index contributed by atoms with van der Waals surface area (Å²) in [4.78, 5) is 40.6. The molecule has 0 spiro atoms. The third-order valence-electron chi connectivity index (χ3n) is 6.83. The van der Waals surface area contributed by atoms with Crippen LogP contribution in [0.4, 0.5) is 15.7 Å². The molecule has 0 saturated carbocycles. The molecule has 0 bridgehead atoms. The number of aryl methyl sites for hydroxylation is 1. The lowest BCUT2D eigenvalue weighted by Crippen LogP contribution is -2.50. The van der Waals surface area contributed by atoms with Gasteiger partial charge in [-0.15, -0.1) is 0 Å².